The van der Waals surface area contributed by atoms with Crippen LogP contribution < -0.4 is 0 Å². The predicted molar refractivity (Wildman–Crippen MR) is 89.7 cm³/mol. The molecule has 3 aromatic rings. The molecule has 2 N–H and O–H groups in total. The van der Waals surface area contributed by atoms with Crippen LogP contribution in [0.25, 0.3) is 16.8 Å². The number of hydrogen-bond acceptors (Lipinski definition) is 3. The molecule has 0 saturated heterocycles. The summed E-state index contributed by atoms with van der Waals surface area (Å²) in [6.07, 6.45) is 2.26. The second-order valence-electron chi connectivity index (χ2n) is 5.74. The van der Waals surface area contributed by atoms with Gasteiger partial charge in [0, 0.05) is 29.2 Å². The largest absolute Gasteiger partial charge is 0.508 e. The highest BCUT2D eigenvalue weighted by Crippen LogP contribution is 2.34. The van der Waals surface area contributed by atoms with Gasteiger partial charge in [-0.25, -0.2) is 0 Å². The van der Waals surface area contributed by atoms with Gasteiger partial charge < -0.3 is 10.2 Å². The molecule has 1 aliphatic rings. The lowest BCUT2D eigenvalue weighted by molar-refractivity contribution is 0.104. The van der Waals surface area contributed by atoms with Gasteiger partial charge in [-0.2, -0.15) is 0 Å². The molecule has 3 aromatic carbocycles. The molecule has 112 valence electrons. The van der Waals surface area contributed by atoms with Crippen molar-refractivity contribution in [1.82, 2.24) is 0 Å². The Morgan fingerprint density at radius 3 is 2.61 bits per heavy atom. The molecule has 0 saturated carbocycles. The molecule has 0 bridgehead atoms. The van der Waals surface area contributed by atoms with Crippen molar-refractivity contribution in [2.24, 2.45) is 0 Å². The fraction of sp³-hybridized carbons (Fsp3) is 0.0500. The van der Waals surface area contributed by atoms with Crippen LogP contribution in [-0.2, 0) is 6.42 Å². The van der Waals surface area contributed by atoms with Crippen molar-refractivity contribution < 1.29 is 15.0 Å². The van der Waals surface area contributed by atoms with Crippen LogP contribution in [-0.4, -0.2) is 16.0 Å². The highest BCUT2D eigenvalue weighted by Gasteiger charge is 2.26. The van der Waals surface area contributed by atoms with E-state index in [2.05, 4.69) is 0 Å². The molecule has 0 unspecified atom stereocenters. The van der Waals surface area contributed by atoms with Crippen LogP contribution in [0.5, 0.6) is 11.5 Å². The Morgan fingerprint density at radius 2 is 1.78 bits per heavy atom. The van der Waals surface area contributed by atoms with E-state index in [0.717, 1.165) is 21.9 Å². The SMILES string of the molecule is O=C1/C(=C/c2ccc(O)cc2O)Cc2ccc3ccccc3c21. The lowest BCUT2D eigenvalue weighted by atomic mass is 10.0. The summed E-state index contributed by atoms with van der Waals surface area (Å²) in [6, 6.07) is 16.2. The monoisotopic (exact) mass is 302 g/mol. The molecule has 0 amide bonds. The van der Waals surface area contributed by atoms with E-state index in [-0.39, 0.29) is 17.3 Å². The number of carbonyl (C=O) groups is 1. The number of phenolic OH excluding ortho intramolecular Hbond substituents is 2. The molecule has 0 aromatic heterocycles. The highest BCUT2D eigenvalue weighted by molar-refractivity contribution is 6.22. The third kappa shape index (κ3) is 2.18. The smallest absolute Gasteiger partial charge is 0.190 e. The number of hydrogen-bond donors (Lipinski definition) is 2. The maximum Gasteiger partial charge on any atom is 0.190 e. The average molecular weight is 302 g/mol. The number of rotatable bonds is 1. The number of phenols is 2. The minimum Gasteiger partial charge on any atom is -0.508 e. The Kier molecular flexibility index (Phi) is 2.95. The number of benzene rings is 3. The molecule has 0 heterocycles. The summed E-state index contributed by atoms with van der Waals surface area (Å²) in [5.74, 6) is -0.0351. The lowest BCUT2D eigenvalue weighted by Gasteiger charge is -2.03. The van der Waals surface area contributed by atoms with Crippen LogP contribution >= 0.6 is 0 Å². The number of ketones is 1. The molecule has 23 heavy (non-hydrogen) atoms. The quantitative estimate of drug-likeness (QED) is 0.666. The zero-order chi connectivity index (χ0) is 16.0. The third-order valence-corrected chi connectivity index (χ3v) is 4.26. The van der Waals surface area contributed by atoms with E-state index in [1.165, 1.54) is 12.1 Å². The Morgan fingerprint density at radius 1 is 0.957 bits per heavy atom. The van der Waals surface area contributed by atoms with Gasteiger partial charge in [-0.05, 0) is 34.5 Å². The van der Waals surface area contributed by atoms with Crippen LogP contribution in [0, 0.1) is 0 Å². The van der Waals surface area contributed by atoms with Crippen molar-refractivity contribution in [1.29, 1.82) is 0 Å². The number of Topliss-reactive ketones (excluding diaryl/α,β-unsaturated/α-hetero) is 1. The fourth-order valence-electron chi connectivity index (χ4n) is 3.14. The van der Waals surface area contributed by atoms with Crippen molar-refractivity contribution in [2.45, 2.75) is 6.42 Å². The van der Waals surface area contributed by atoms with Crippen LogP contribution in [0.4, 0.5) is 0 Å². The maximum absolute atomic E-state index is 12.8. The number of fused-ring (bicyclic) bond motifs is 3. The van der Waals surface area contributed by atoms with E-state index in [1.807, 2.05) is 36.4 Å². The van der Waals surface area contributed by atoms with E-state index in [0.29, 0.717) is 17.6 Å². The van der Waals surface area contributed by atoms with E-state index in [9.17, 15) is 15.0 Å². The third-order valence-electron chi connectivity index (χ3n) is 4.26. The standard InChI is InChI=1S/C20H14O3/c21-16-8-7-13(18(22)11-16)9-15-10-14-6-5-12-3-1-2-4-17(12)19(14)20(15)23/h1-9,11,21-22H,10H2/b15-9+. The molecule has 0 aliphatic heterocycles. The maximum atomic E-state index is 12.8. The van der Waals surface area contributed by atoms with Gasteiger partial charge >= 0.3 is 0 Å². The van der Waals surface area contributed by atoms with E-state index in [1.54, 1.807) is 12.1 Å². The number of allylic oxidation sites excluding steroid dienone is 1. The first kappa shape index (κ1) is 13.6. The topological polar surface area (TPSA) is 57.5 Å². The van der Waals surface area contributed by atoms with Crippen LogP contribution in [0.2, 0.25) is 0 Å². The van der Waals surface area contributed by atoms with Gasteiger partial charge in [0.1, 0.15) is 11.5 Å². The van der Waals surface area contributed by atoms with Crippen molar-refractivity contribution in [3.8, 4) is 11.5 Å². The van der Waals surface area contributed by atoms with E-state index >= 15 is 0 Å². The molecule has 3 nitrogen and oxygen atoms in total. The van der Waals surface area contributed by atoms with Gasteiger partial charge in [-0.1, -0.05) is 36.4 Å². The van der Waals surface area contributed by atoms with Crippen LogP contribution in [0.3, 0.4) is 0 Å². The summed E-state index contributed by atoms with van der Waals surface area (Å²) in [5, 5.41) is 21.3. The summed E-state index contributed by atoms with van der Waals surface area (Å²) in [6.45, 7) is 0. The Labute approximate surface area is 133 Å². The summed E-state index contributed by atoms with van der Waals surface area (Å²) in [7, 11) is 0. The Hall–Kier alpha value is -3.07. The van der Waals surface area contributed by atoms with Crippen molar-refractivity contribution in [3.63, 3.8) is 0 Å². The normalized spacial score (nSPS) is 15.3. The minimum atomic E-state index is -0.0360. The molecule has 0 atom stereocenters. The number of carbonyl (C=O) groups excluding carboxylic acids is 1. The first-order valence-corrected chi connectivity index (χ1v) is 7.41. The van der Waals surface area contributed by atoms with Gasteiger partial charge in [-0.15, -0.1) is 0 Å². The van der Waals surface area contributed by atoms with E-state index in [4.69, 9.17) is 0 Å². The van der Waals surface area contributed by atoms with Gasteiger partial charge in [0.05, 0.1) is 0 Å². The first-order chi connectivity index (χ1) is 11.1. The summed E-state index contributed by atoms with van der Waals surface area (Å²) in [5.41, 5.74) is 2.95. The molecule has 4 rings (SSSR count). The zero-order valence-electron chi connectivity index (χ0n) is 12.3. The van der Waals surface area contributed by atoms with Crippen molar-refractivity contribution in [3.05, 3.63) is 76.9 Å². The lowest BCUT2D eigenvalue weighted by Crippen LogP contribution is -1.96. The van der Waals surface area contributed by atoms with Gasteiger partial charge in [-0.3, -0.25) is 4.79 Å². The molecule has 0 fully saturated rings. The minimum absolute atomic E-state index is 0.00308. The predicted octanol–water partition coefficient (Wildman–Crippen LogP) is 4.07. The number of aromatic hydroxyl groups is 2. The van der Waals surface area contributed by atoms with Crippen LogP contribution in [0.1, 0.15) is 21.5 Å². The van der Waals surface area contributed by atoms with Crippen LogP contribution in [0.15, 0.2) is 60.2 Å². The highest BCUT2D eigenvalue weighted by atomic mass is 16.3. The van der Waals surface area contributed by atoms with E-state index < -0.39 is 0 Å². The molecule has 3 heteroatoms. The van der Waals surface area contributed by atoms with Gasteiger partial charge in [0.2, 0.25) is 0 Å². The molecule has 0 radical (unpaired) electrons. The second-order valence-corrected chi connectivity index (χ2v) is 5.74. The van der Waals surface area contributed by atoms with Gasteiger partial charge in [0.25, 0.3) is 0 Å². The average Bonchev–Trinajstić information content (AvgIpc) is 2.87. The van der Waals surface area contributed by atoms with Crippen molar-refractivity contribution in [2.75, 3.05) is 0 Å². The van der Waals surface area contributed by atoms with Gasteiger partial charge in [0.15, 0.2) is 5.78 Å². The van der Waals surface area contributed by atoms with Crippen molar-refractivity contribution >= 4 is 22.6 Å². The Bertz CT molecular complexity index is 983. The summed E-state index contributed by atoms with van der Waals surface area (Å²) < 4.78 is 0. The molecular weight excluding hydrogens is 288 g/mol. The summed E-state index contributed by atoms with van der Waals surface area (Å²) >= 11 is 0. The molecule has 1 aliphatic carbocycles. The molecule has 0 spiro atoms. The summed E-state index contributed by atoms with van der Waals surface area (Å²) in [4.78, 5) is 12.8. The Balaban J connectivity index is 1.83. The first-order valence-electron chi connectivity index (χ1n) is 7.41. The fourth-order valence-corrected chi connectivity index (χ4v) is 3.14. The second kappa shape index (κ2) is 4.99. The molecular formula is C20H14O3. The zero-order valence-corrected chi connectivity index (χ0v) is 12.3.